The molecule has 2 rings (SSSR count). The molecule has 5 nitrogen and oxygen atoms in total. The minimum absolute atomic E-state index is 0.390. The smallest absolute Gasteiger partial charge is 0.191 e. The van der Waals surface area contributed by atoms with E-state index in [1.165, 1.54) is 51.4 Å². The van der Waals surface area contributed by atoms with Crippen LogP contribution >= 0.6 is 0 Å². The molecule has 2 fully saturated rings. The zero-order valence-electron chi connectivity index (χ0n) is 15.6. The number of nitrogens with one attached hydrogen (secondary N) is 2. The standard InChI is InChI=1S/C19H37N3O2/c1-3-5-15-8-10-17(11-9-15)22-19(20-4-2)21-12-18(23)14-24-13-16-6-7-16/h15-18,23H,3-14H2,1-2H3,(H2,20,21,22). The van der Waals surface area contributed by atoms with Crippen molar-refractivity contribution >= 4 is 5.96 Å². The largest absolute Gasteiger partial charge is 0.389 e. The van der Waals surface area contributed by atoms with Gasteiger partial charge in [-0.3, -0.25) is 4.99 Å². The van der Waals surface area contributed by atoms with Crippen LogP contribution in [0.3, 0.4) is 0 Å². The van der Waals surface area contributed by atoms with Crippen molar-refractivity contribution in [2.75, 3.05) is 26.3 Å². The number of rotatable bonds is 10. The maximum atomic E-state index is 10.0. The topological polar surface area (TPSA) is 65.9 Å². The molecule has 5 heteroatoms. The average Bonchev–Trinajstić information content (AvgIpc) is 3.39. The normalized spacial score (nSPS) is 26.2. The van der Waals surface area contributed by atoms with Gasteiger partial charge in [0.15, 0.2) is 5.96 Å². The molecule has 0 amide bonds. The number of hydrogen-bond acceptors (Lipinski definition) is 3. The van der Waals surface area contributed by atoms with Crippen LogP contribution in [0.15, 0.2) is 4.99 Å². The van der Waals surface area contributed by atoms with Gasteiger partial charge in [-0.15, -0.1) is 0 Å². The first-order chi connectivity index (χ1) is 11.7. The van der Waals surface area contributed by atoms with E-state index < -0.39 is 6.10 Å². The van der Waals surface area contributed by atoms with Crippen LogP contribution in [0, 0.1) is 11.8 Å². The molecule has 1 atom stereocenters. The van der Waals surface area contributed by atoms with Gasteiger partial charge in [-0.2, -0.15) is 0 Å². The predicted octanol–water partition coefficient (Wildman–Crippen LogP) is 2.69. The van der Waals surface area contributed by atoms with Crippen molar-refractivity contribution in [3.63, 3.8) is 0 Å². The van der Waals surface area contributed by atoms with Crippen LogP contribution in [-0.2, 0) is 4.74 Å². The molecule has 2 aliphatic carbocycles. The number of guanidine groups is 1. The van der Waals surface area contributed by atoms with Crippen LogP contribution in [0.5, 0.6) is 0 Å². The van der Waals surface area contributed by atoms with Crippen LogP contribution in [0.25, 0.3) is 0 Å². The van der Waals surface area contributed by atoms with Gasteiger partial charge in [0, 0.05) is 19.2 Å². The number of hydrogen-bond donors (Lipinski definition) is 3. The summed E-state index contributed by atoms with van der Waals surface area (Å²) in [6.45, 7) is 6.77. The van der Waals surface area contributed by atoms with Crippen LogP contribution in [0.1, 0.15) is 65.2 Å². The van der Waals surface area contributed by atoms with Gasteiger partial charge in [0.1, 0.15) is 0 Å². The molecule has 2 aliphatic rings. The van der Waals surface area contributed by atoms with Crippen LogP contribution in [0.4, 0.5) is 0 Å². The van der Waals surface area contributed by atoms with E-state index in [-0.39, 0.29) is 0 Å². The van der Waals surface area contributed by atoms with Crippen molar-refractivity contribution in [3.8, 4) is 0 Å². The Labute approximate surface area is 147 Å². The second-order valence-electron chi connectivity index (χ2n) is 7.50. The third-order valence-corrected chi connectivity index (χ3v) is 5.05. The minimum Gasteiger partial charge on any atom is -0.389 e. The highest BCUT2D eigenvalue weighted by molar-refractivity contribution is 5.80. The molecule has 0 aromatic rings. The summed E-state index contributed by atoms with van der Waals surface area (Å²) in [5.41, 5.74) is 0. The SMILES string of the molecule is CCCC1CCC(NC(=NCC(O)COCC2CC2)NCC)CC1. The molecule has 2 saturated carbocycles. The third kappa shape index (κ3) is 7.84. The molecular formula is C19H37N3O2. The summed E-state index contributed by atoms with van der Waals surface area (Å²) in [5.74, 6) is 2.48. The number of aliphatic hydroxyl groups excluding tert-OH is 1. The molecule has 0 saturated heterocycles. The molecule has 0 aliphatic heterocycles. The summed E-state index contributed by atoms with van der Waals surface area (Å²) in [6.07, 6.45) is 9.81. The summed E-state index contributed by atoms with van der Waals surface area (Å²) in [7, 11) is 0. The fourth-order valence-electron chi connectivity index (χ4n) is 3.42. The summed E-state index contributed by atoms with van der Waals surface area (Å²) >= 11 is 0. The van der Waals surface area contributed by atoms with Gasteiger partial charge in [-0.1, -0.05) is 19.8 Å². The monoisotopic (exact) mass is 339 g/mol. The van der Waals surface area contributed by atoms with Gasteiger partial charge in [0.05, 0.1) is 19.3 Å². The van der Waals surface area contributed by atoms with E-state index in [1.54, 1.807) is 0 Å². The Balaban J connectivity index is 1.67. The Morgan fingerprint density at radius 3 is 2.46 bits per heavy atom. The number of aliphatic hydroxyl groups is 1. The molecule has 1 unspecified atom stereocenters. The molecular weight excluding hydrogens is 302 g/mol. The quantitative estimate of drug-likeness (QED) is 0.423. The van der Waals surface area contributed by atoms with Crippen LogP contribution in [-0.4, -0.2) is 49.5 Å². The molecule has 0 spiro atoms. The Bertz CT molecular complexity index is 364. The van der Waals surface area contributed by atoms with Crippen molar-refractivity contribution in [2.24, 2.45) is 16.8 Å². The molecule has 0 aromatic carbocycles. The predicted molar refractivity (Wildman–Crippen MR) is 99.3 cm³/mol. The van der Waals surface area contributed by atoms with Gasteiger partial charge in [0.2, 0.25) is 0 Å². The van der Waals surface area contributed by atoms with Crippen LogP contribution < -0.4 is 10.6 Å². The first-order valence-electron chi connectivity index (χ1n) is 10.0. The molecule has 0 bridgehead atoms. The van der Waals surface area contributed by atoms with E-state index in [1.807, 2.05) is 0 Å². The number of aliphatic imine (C=N–C) groups is 1. The fourth-order valence-corrected chi connectivity index (χ4v) is 3.42. The lowest BCUT2D eigenvalue weighted by molar-refractivity contribution is 0.0368. The van der Waals surface area contributed by atoms with Crippen molar-refractivity contribution in [2.45, 2.75) is 77.4 Å². The fraction of sp³-hybridized carbons (Fsp3) is 0.947. The Morgan fingerprint density at radius 2 is 1.83 bits per heavy atom. The highest BCUT2D eigenvalue weighted by Gasteiger charge is 2.22. The van der Waals surface area contributed by atoms with Gasteiger partial charge in [-0.25, -0.2) is 0 Å². The van der Waals surface area contributed by atoms with Crippen molar-refractivity contribution < 1.29 is 9.84 Å². The second-order valence-corrected chi connectivity index (χ2v) is 7.50. The van der Waals surface area contributed by atoms with E-state index in [2.05, 4.69) is 29.5 Å². The van der Waals surface area contributed by atoms with Crippen LogP contribution in [0.2, 0.25) is 0 Å². The highest BCUT2D eigenvalue weighted by Crippen LogP contribution is 2.29. The van der Waals surface area contributed by atoms with Crippen molar-refractivity contribution in [3.05, 3.63) is 0 Å². The van der Waals surface area contributed by atoms with Crippen molar-refractivity contribution in [1.82, 2.24) is 10.6 Å². The maximum Gasteiger partial charge on any atom is 0.191 e. The Morgan fingerprint density at radius 1 is 1.12 bits per heavy atom. The Hall–Kier alpha value is -0.810. The second kappa shape index (κ2) is 10.9. The lowest BCUT2D eigenvalue weighted by atomic mass is 9.83. The molecule has 0 heterocycles. The molecule has 0 aromatic heterocycles. The first-order valence-corrected chi connectivity index (χ1v) is 10.0. The lowest BCUT2D eigenvalue weighted by Gasteiger charge is -2.30. The minimum atomic E-state index is -0.514. The summed E-state index contributed by atoms with van der Waals surface area (Å²) in [6, 6.07) is 0.513. The molecule has 24 heavy (non-hydrogen) atoms. The highest BCUT2D eigenvalue weighted by atomic mass is 16.5. The Kier molecular flexibility index (Phi) is 8.89. The number of ether oxygens (including phenoxy) is 1. The van der Waals surface area contributed by atoms with E-state index >= 15 is 0 Å². The van der Waals surface area contributed by atoms with E-state index in [0.717, 1.165) is 30.9 Å². The molecule has 3 N–H and O–H groups in total. The summed E-state index contributed by atoms with van der Waals surface area (Å²) in [4.78, 5) is 4.54. The molecule has 0 radical (unpaired) electrons. The summed E-state index contributed by atoms with van der Waals surface area (Å²) in [5, 5.41) is 16.9. The van der Waals surface area contributed by atoms with Gasteiger partial charge in [-0.05, 0) is 57.3 Å². The van der Waals surface area contributed by atoms with Gasteiger partial charge in [0.25, 0.3) is 0 Å². The van der Waals surface area contributed by atoms with Gasteiger partial charge >= 0.3 is 0 Å². The third-order valence-electron chi connectivity index (χ3n) is 5.05. The van der Waals surface area contributed by atoms with E-state index in [9.17, 15) is 5.11 Å². The summed E-state index contributed by atoms with van der Waals surface area (Å²) < 4.78 is 5.54. The maximum absolute atomic E-state index is 10.0. The van der Waals surface area contributed by atoms with E-state index in [4.69, 9.17) is 4.74 Å². The van der Waals surface area contributed by atoms with Gasteiger partial charge < -0.3 is 20.5 Å². The van der Waals surface area contributed by atoms with Crippen molar-refractivity contribution in [1.29, 1.82) is 0 Å². The lowest BCUT2D eigenvalue weighted by Crippen LogP contribution is -2.45. The molecule has 140 valence electrons. The van der Waals surface area contributed by atoms with E-state index in [0.29, 0.717) is 19.2 Å². The average molecular weight is 340 g/mol. The zero-order chi connectivity index (χ0) is 17.2. The zero-order valence-corrected chi connectivity index (χ0v) is 15.6. The first kappa shape index (κ1) is 19.5. The number of nitrogens with zero attached hydrogens (tertiary/aromatic N) is 1.